The SMILES string of the molecule is CN(C)C(=N)N.F[B-](F)(F)F. The zero-order valence-electron chi connectivity index (χ0n) is 6.11. The summed E-state index contributed by atoms with van der Waals surface area (Å²) in [6.07, 6.45) is 0. The molecule has 0 unspecified atom stereocenters. The standard InChI is InChI=1S/C3H9N3.BF4/c1-6(2)3(4)5;2-1(3,4)5/h1-2H3,(H3,4,5);/q;-1. The van der Waals surface area contributed by atoms with Gasteiger partial charge in [-0.1, -0.05) is 0 Å². The van der Waals surface area contributed by atoms with Crippen molar-refractivity contribution in [2.75, 3.05) is 14.1 Å². The summed E-state index contributed by atoms with van der Waals surface area (Å²) in [5.74, 6) is 0.0926. The highest BCUT2D eigenvalue weighted by Gasteiger charge is 2.20. The molecular formula is C3H9BF4N3-. The summed E-state index contributed by atoms with van der Waals surface area (Å²) in [5.41, 5.74) is 4.94. The third-order valence-electron chi connectivity index (χ3n) is 0.482. The van der Waals surface area contributed by atoms with E-state index in [1.165, 1.54) is 4.90 Å². The van der Waals surface area contributed by atoms with Gasteiger partial charge in [0, 0.05) is 14.1 Å². The Morgan fingerprint density at radius 2 is 1.36 bits per heavy atom. The number of hydrogen-bond acceptors (Lipinski definition) is 1. The van der Waals surface area contributed by atoms with Crippen molar-refractivity contribution in [3.8, 4) is 0 Å². The minimum Gasteiger partial charge on any atom is -0.418 e. The number of hydrogen-bond donors (Lipinski definition) is 2. The van der Waals surface area contributed by atoms with Gasteiger partial charge in [0.25, 0.3) is 0 Å². The molecule has 0 radical (unpaired) electrons. The minimum absolute atomic E-state index is 0.0926. The third kappa shape index (κ3) is 48.3. The largest absolute Gasteiger partial charge is 0.673 e. The second-order valence-electron chi connectivity index (χ2n) is 1.77. The quantitative estimate of drug-likeness (QED) is 0.246. The fraction of sp³-hybridized carbons (Fsp3) is 0.667. The van der Waals surface area contributed by atoms with E-state index in [2.05, 4.69) is 0 Å². The molecule has 0 saturated carbocycles. The third-order valence-corrected chi connectivity index (χ3v) is 0.482. The molecule has 11 heavy (non-hydrogen) atoms. The first-order chi connectivity index (χ1) is 4.64. The zero-order chi connectivity index (χ0) is 9.65. The van der Waals surface area contributed by atoms with Crippen LogP contribution in [0.1, 0.15) is 0 Å². The van der Waals surface area contributed by atoms with Gasteiger partial charge in [0.2, 0.25) is 0 Å². The van der Waals surface area contributed by atoms with E-state index >= 15 is 0 Å². The fourth-order valence-corrected chi connectivity index (χ4v) is 0. The van der Waals surface area contributed by atoms with Crippen LogP contribution in [-0.2, 0) is 0 Å². The highest BCUT2D eigenvalue weighted by Crippen LogP contribution is 2.06. The highest BCUT2D eigenvalue weighted by molar-refractivity contribution is 6.50. The Hall–Kier alpha value is -0.945. The topological polar surface area (TPSA) is 53.1 Å². The monoisotopic (exact) mass is 174 g/mol. The smallest absolute Gasteiger partial charge is 0.418 e. The molecule has 68 valence electrons. The molecule has 0 aromatic heterocycles. The molecule has 0 aliphatic heterocycles. The Morgan fingerprint density at radius 1 is 1.27 bits per heavy atom. The molecule has 0 heterocycles. The summed E-state index contributed by atoms with van der Waals surface area (Å²) in [5, 5.41) is 6.65. The van der Waals surface area contributed by atoms with Crippen molar-refractivity contribution in [3.05, 3.63) is 0 Å². The van der Waals surface area contributed by atoms with Gasteiger partial charge in [0.15, 0.2) is 5.96 Å². The van der Waals surface area contributed by atoms with Gasteiger partial charge in [-0.25, -0.2) is 0 Å². The predicted molar refractivity (Wildman–Crippen MR) is 35.8 cm³/mol. The summed E-state index contributed by atoms with van der Waals surface area (Å²) in [6, 6.07) is 0. The van der Waals surface area contributed by atoms with Crippen LogP contribution in [0.2, 0.25) is 0 Å². The van der Waals surface area contributed by atoms with Crippen LogP contribution in [0.3, 0.4) is 0 Å². The van der Waals surface area contributed by atoms with E-state index in [4.69, 9.17) is 11.1 Å². The fourth-order valence-electron chi connectivity index (χ4n) is 0. The second kappa shape index (κ2) is 4.81. The summed E-state index contributed by atoms with van der Waals surface area (Å²) < 4.78 is 39.0. The van der Waals surface area contributed by atoms with Gasteiger partial charge in [0.05, 0.1) is 0 Å². The van der Waals surface area contributed by atoms with E-state index in [0.717, 1.165) is 0 Å². The second-order valence-corrected chi connectivity index (χ2v) is 1.77. The van der Waals surface area contributed by atoms with Crippen LogP contribution >= 0.6 is 0 Å². The van der Waals surface area contributed by atoms with Crippen LogP contribution in [0.4, 0.5) is 17.3 Å². The van der Waals surface area contributed by atoms with Gasteiger partial charge in [-0.05, 0) is 0 Å². The van der Waals surface area contributed by atoms with Crippen LogP contribution < -0.4 is 5.73 Å². The van der Waals surface area contributed by atoms with Crippen LogP contribution in [-0.4, -0.2) is 32.2 Å². The lowest BCUT2D eigenvalue weighted by atomic mass is 10.3. The highest BCUT2D eigenvalue weighted by atomic mass is 19.5. The molecule has 0 aromatic carbocycles. The first kappa shape index (κ1) is 12.7. The molecule has 0 aliphatic carbocycles. The number of guanidine groups is 1. The Morgan fingerprint density at radius 3 is 1.36 bits per heavy atom. The van der Waals surface area contributed by atoms with Gasteiger partial charge in [0.1, 0.15) is 0 Å². The summed E-state index contributed by atoms with van der Waals surface area (Å²) >= 11 is 0. The van der Waals surface area contributed by atoms with Crippen molar-refractivity contribution in [2.45, 2.75) is 0 Å². The molecule has 0 atom stereocenters. The average molecular weight is 174 g/mol. The Bertz CT molecular complexity index is 116. The Labute approximate surface area is 61.8 Å². The molecule has 0 spiro atoms. The van der Waals surface area contributed by atoms with E-state index in [-0.39, 0.29) is 5.96 Å². The average Bonchev–Trinajstić information content (AvgIpc) is 1.59. The van der Waals surface area contributed by atoms with Crippen molar-refractivity contribution >= 4 is 13.2 Å². The molecule has 0 bridgehead atoms. The number of rotatable bonds is 0. The lowest BCUT2D eigenvalue weighted by Gasteiger charge is -2.05. The zero-order valence-corrected chi connectivity index (χ0v) is 6.11. The van der Waals surface area contributed by atoms with Gasteiger partial charge in [-0.15, -0.1) is 0 Å². The van der Waals surface area contributed by atoms with Crippen molar-refractivity contribution in [1.29, 1.82) is 5.41 Å². The van der Waals surface area contributed by atoms with Gasteiger partial charge in [-0.2, -0.15) is 0 Å². The van der Waals surface area contributed by atoms with E-state index in [1.54, 1.807) is 14.1 Å². The van der Waals surface area contributed by atoms with Gasteiger partial charge >= 0.3 is 7.25 Å². The Kier molecular flexibility index (Phi) is 5.55. The number of nitrogens with two attached hydrogens (primary N) is 1. The van der Waals surface area contributed by atoms with E-state index in [9.17, 15) is 17.3 Å². The molecule has 0 fully saturated rings. The molecule has 0 saturated heterocycles. The number of halogens is 4. The lowest BCUT2D eigenvalue weighted by Crippen LogP contribution is -2.28. The van der Waals surface area contributed by atoms with Crippen molar-refractivity contribution in [1.82, 2.24) is 4.90 Å². The van der Waals surface area contributed by atoms with Crippen molar-refractivity contribution in [2.24, 2.45) is 5.73 Å². The molecule has 3 N–H and O–H groups in total. The molecule has 8 heteroatoms. The van der Waals surface area contributed by atoms with Crippen LogP contribution in [0.5, 0.6) is 0 Å². The van der Waals surface area contributed by atoms with Crippen molar-refractivity contribution < 1.29 is 17.3 Å². The van der Waals surface area contributed by atoms with Crippen LogP contribution in [0, 0.1) is 5.41 Å². The predicted octanol–water partition coefficient (Wildman–Crippen LogP) is 0.741. The Balaban J connectivity index is 0. The number of nitrogens with zero attached hydrogens (tertiary/aromatic N) is 1. The lowest BCUT2D eigenvalue weighted by molar-refractivity contribution is 0.368. The maximum absolute atomic E-state index is 9.75. The normalized spacial score (nSPS) is 9.64. The van der Waals surface area contributed by atoms with E-state index in [0.29, 0.717) is 0 Å². The first-order valence-electron chi connectivity index (χ1n) is 2.53. The molecular weight excluding hydrogens is 165 g/mol. The summed E-state index contributed by atoms with van der Waals surface area (Å²) in [7, 11) is -2.55. The molecule has 0 rings (SSSR count). The summed E-state index contributed by atoms with van der Waals surface area (Å²) in [4.78, 5) is 1.53. The summed E-state index contributed by atoms with van der Waals surface area (Å²) in [6.45, 7) is 0. The molecule has 3 nitrogen and oxygen atoms in total. The van der Waals surface area contributed by atoms with Crippen molar-refractivity contribution in [3.63, 3.8) is 0 Å². The maximum atomic E-state index is 9.75. The molecule has 0 aliphatic rings. The molecule has 0 amide bonds. The number of nitrogens with one attached hydrogen (secondary N) is 1. The first-order valence-corrected chi connectivity index (χ1v) is 2.53. The molecule has 0 aromatic rings. The minimum atomic E-state index is -6.00. The van der Waals surface area contributed by atoms with Crippen LogP contribution in [0.15, 0.2) is 0 Å². The van der Waals surface area contributed by atoms with Gasteiger partial charge < -0.3 is 27.9 Å². The maximum Gasteiger partial charge on any atom is 0.673 e. The van der Waals surface area contributed by atoms with E-state index in [1.807, 2.05) is 0 Å². The van der Waals surface area contributed by atoms with E-state index < -0.39 is 7.25 Å². The van der Waals surface area contributed by atoms with Gasteiger partial charge in [-0.3, -0.25) is 5.41 Å². The van der Waals surface area contributed by atoms with Crippen LogP contribution in [0.25, 0.3) is 0 Å².